The van der Waals surface area contributed by atoms with Crippen molar-refractivity contribution in [3.05, 3.63) is 28.8 Å². The summed E-state index contributed by atoms with van der Waals surface area (Å²) in [6.07, 6.45) is 1.72. The molecule has 0 unspecified atom stereocenters. The number of nitrogens with one attached hydrogen (secondary N) is 1. The normalized spacial score (nSPS) is 10.8. The van der Waals surface area contributed by atoms with E-state index in [-0.39, 0.29) is 18.6 Å². The van der Waals surface area contributed by atoms with Crippen LogP contribution in [0.2, 0.25) is 5.02 Å². The summed E-state index contributed by atoms with van der Waals surface area (Å²) in [5.74, 6) is -0.0869. The molecule has 0 bridgehead atoms. The van der Waals surface area contributed by atoms with Crippen LogP contribution < -0.4 is 5.32 Å². The zero-order valence-electron chi connectivity index (χ0n) is 13.0. The van der Waals surface area contributed by atoms with Crippen LogP contribution in [0.5, 0.6) is 0 Å². The Kier molecular flexibility index (Phi) is 7.54. The van der Waals surface area contributed by atoms with Crippen LogP contribution in [0.4, 0.5) is 5.69 Å². The fraction of sp³-hybridized carbons (Fsp3) is 0.562. The molecule has 0 saturated heterocycles. The second kappa shape index (κ2) is 8.90. The molecule has 0 aliphatic carbocycles. The molecule has 21 heavy (non-hydrogen) atoms. The van der Waals surface area contributed by atoms with Gasteiger partial charge in [0, 0.05) is 29.8 Å². The highest BCUT2D eigenvalue weighted by molar-refractivity contribution is 6.31. The molecular formula is C16H25ClN2O2. The largest absolute Gasteiger partial charge is 0.395 e. The molecule has 1 amide bonds. The Morgan fingerprint density at radius 2 is 2.00 bits per heavy atom. The minimum Gasteiger partial charge on any atom is -0.395 e. The van der Waals surface area contributed by atoms with Crippen LogP contribution in [-0.2, 0) is 0 Å². The van der Waals surface area contributed by atoms with E-state index in [2.05, 4.69) is 19.2 Å². The van der Waals surface area contributed by atoms with Gasteiger partial charge in [0.1, 0.15) is 0 Å². The molecule has 5 heteroatoms. The maximum Gasteiger partial charge on any atom is 0.256 e. The summed E-state index contributed by atoms with van der Waals surface area (Å²) in [5.41, 5.74) is 1.34. The molecule has 1 rings (SSSR count). The number of hydrogen-bond acceptors (Lipinski definition) is 3. The molecule has 0 aromatic heterocycles. The van der Waals surface area contributed by atoms with Crippen LogP contribution in [0.15, 0.2) is 18.2 Å². The minimum atomic E-state index is -0.0869. The second-order valence-electron chi connectivity index (χ2n) is 4.91. The van der Waals surface area contributed by atoms with E-state index in [9.17, 15) is 9.90 Å². The molecule has 1 aromatic carbocycles. The van der Waals surface area contributed by atoms with Gasteiger partial charge in [-0.25, -0.2) is 0 Å². The number of hydrogen-bond donors (Lipinski definition) is 2. The van der Waals surface area contributed by atoms with Crippen LogP contribution in [0.1, 0.15) is 44.0 Å². The van der Waals surface area contributed by atoms with Crippen molar-refractivity contribution in [1.82, 2.24) is 4.90 Å². The summed E-state index contributed by atoms with van der Waals surface area (Å²) in [7, 11) is 0. The Bertz CT molecular complexity index is 462. The van der Waals surface area contributed by atoms with Gasteiger partial charge in [-0.3, -0.25) is 4.79 Å². The number of anilines is 1. The lowest BCUT2D eigenvalue weighted by molar-refractivity contribution is 0.0623. The van der Waals surface area contributed by atoms with E-state index in [1.165, 1.54) is 0 Å². The van der Waals surface area contributed by atoms with Gasteiger partial charge in [-0.2, -0.15) is 0 Å². The van der Waals surface area contributed by atoms with Crippen molar-refractivity contribution in [2.24, 2.45) is 0 Å². The van der Waals surface area contributed by atoms with Gasteiger partial charge in [-0.1, -0.05) is 25.4 Å². The first-order chi connectivity index (χ1) is 10.1. The summed E-state index contributed by atoms with van der Waals surface area (Å²) in [4.78, 5) is 14.6. The van der Waals surface area contributed by atoms with E-state index in [1.54, 1.807) is 17.0 Å². The van der Waals surface area contributed by atoms with E-state index in [1.807, 2.05) is 13.0 Å². The Morgan fingerprint density at radius 3 is 2.52 bits per heavy atom. The number of amides is 1. The van der Waals surface area contributed by atoms with Gasteiger partial charge >= 0.3 is 0 Å². The number of halogens is 1. The number of rotatable bonds is 8. The highest BCUT2D eigenvalue weighted by Gasteiger charge is 2.24. The summed E-state index contributed by atoms with van der Waals surface area (Å²) in [6, 6.07) is 5.40. The number of nitrogens with zero attached hydrogens (tertiary/aromatic N) is 1. The molecule has 0 aliphatic rings. The maximum absolute atomic E-state index is 12.9. The van der Waals surface area contributed by atoms with E-state index in [0.717, 1.165) is 25.1 Å². The minimum absolute atomic E-state index is 0.0423. The lowest BCUT2D eigenvalue weighted by atomic mass is 10.1. The van der Waals surface area contributed by atoms with Gasteiger partial charge in [0.25, 0.3) is 5.91 Å². The van der Waals surface area contributed by atoms with Crippen LogP contribution in [-0.4, -0.2) is 41.7 Å². The predicted molar refractivity (Wildman–Crippen MR) is 88.1 cm³/mol. The van der Waals surface area contributed by atoms with Gasteiger partial charge in [0.05, 0.1) is 12.2 Å². The van der Waals surface area contributed by atoms with Gasteiger partial charge in [-0.15, -0.1) is 0 Å². The molecule has 118 valence electrons. The van der Waals surface area contributed by atoms with Crippen LogP contribution >= 0.6 is 11.6 Å². The fourth-order valence-electron chi connectivity index (χ4n) is 2.48. The molecule has 0 atom stereocenters. The molecule has 1 aromatic rings. The van der Waals surface area contributed by atoms with Crippen molar-refractivity contribution in [3.8, 4) is 0 Å². The predicted octanol–water partition coefficient (Wildman–Crippen LogP) is 3.39. The third kappa shape index (κ3) is 4.61. The SMILES string of the molecule is CCNc1ccc(Cl)cc1C(=O)N(CCO)C(CC)CC. The standard InChI is InChI=1S/C16H25ClN2O2/c1-4-13(5-2)19(9-10-20)16(21)14-11-12(17)7-8-15(14)18-6-3/h7-8,11,13,18,20H,4-6,9-10H2,1-3H3. The number of aliphatic hydroxyl groups excluding tert-OH is 1. The van der Waals surface area contributed by atoms with E-state index in [0.29, 0.717) is 17.1 Å². The molecule has 0 heterocycles. The Hall–Kier alpha value is -1.26. The molecule has 4 nitrogen and oxygen atoms in total. The first-order valence-corrected chi connectivity index (χ1v) is 7.91. The van der Waals surface area contributed by atoms with Crippen molar-refractivity contribution < 1.29 is 9.90 Å². The zero-order chi connectivity index (χ0) is 15.8. The Labute approximate surface area is 132 Å². The maximum atomic E-state index is 12.9. The molecule has 0 spiro atoms. The van der Waals surface area contributed by atoms with Crippen LogP contribution in [0, 0.1) is 0 Å². The van der Waals surface area contributed by atoms with Gasteiger partial charge in [0.2, 0.25) is 0 Å². The quantitative estimate of drug-likeness (QED) is 0.773. The molecule has 0 saturated carbocycles. The summed E-state index contributed by atoms with van der Waals surface area (Å²) in [5, 5.41) is 13.0. The lowest BCUT2D eigenvalue weighted by Gasteiger charge is -2.30. The topological polar surface area (TPSA) is 52.6 Å². The third-order valence-electron chi connectivity index (χ3n) is 3.56. The Morgan fingerprint density at radius 1 is 1.33 bits per heavy atom. The van der Waals surface area contributed by atoms with E-state index < -0.39 is 0 Å². The van der Waals surface area contributed by atoms with Gasteiger partial charge < -0.3 is 15.3 Å². The van der Waals surface area contributed by atoms with Gasteiger partial charge in [-0.05, 0) is 38.0 Å². The van der Waals surface area contributed by atoms with E-state index in [4.69, 9.17) is 11.6 Å². The second-order valence-corrected chi connectivity index (χ2v) is 5.35. The van der Waals surface area contributed by atoms with Crippen molar-refractivity contribution in [3.63, 3.8) is 0 Å². The van der Waals surface area contributed by atoms with Crippen molar-refractivity contribution >= 4 is 23.2 Å². The van der Waals surface area contributed by atoms with Crippen molar-refractivity contribution in [1.29, 1.82) is 0 Å². The summed E-state index contributed by atoms with van der Waals surface area (Å²) >= 11 is 6.04. The first kappa shape index (κ1) is 17.8. The Balaban J connectivity index is 3.15. The fourth-order valence-corrected chi connectivity index (χ4v) is 2.65. The first-order valence-electron chi connectivity index (χ1n) is 7.54. The molecule has 2 N–H and O–H groups in total. The molecular weight excluding hydrogens is 288 g/mol. The smallest absolute Gasteiger partial charge is 0.256 e. The molecule has 0 fully saturated rings. The van der Waals surface area contributed by atoms with Crippen molar-refractivity contribution in [2.75, 3.05) is 25.0 Å². The lowest BCUT2D eigenvalue weighted by Crippen LogP contribution is -2.41. The van der Waals surface area contributed by atoms with E-state index >= 15 is 0 Å². The third-order valence-corrected chi connectivity index (χ3v) is 3.80. The highest BCUT2D eigenvalue weighted by Crippen LogP contribution is 2.24. The van der Waals surface area contributed by atoms with Gasteiger partial charge in [0.15, 0.2) is 0 Å². The monoisotopic (exact) mass is 312 g/mol. The van der Waals surface area contributed by atoms with Crippen molar-refractivity contribution in [2.45, 2.75) is 39.7 Å². The average molecular weight is 313 g/mol. The number of aliphatic hydroxyl groups is 1. The number of carbonyl (C=O) groups excluding carboxylic acids is 1. The van der Waals surface area contributed by atoms with Crippen LogP contribution in [0.3, 0.4) is 0 Å². The molecule has 0 aliphatic heterocycles. The molecule has 0 radical (unpaired) electrons. The average Bonchev–Trinajstić information content (AvgIpc) is 2.49. The number of carbonyl (C=O) groups is 1. The zero-order valence-corrected chi connectivity index (χ0v) is 13.8. The van der Waals surface area contributed by atoms with Crippen LogP contribution in [0.25, 0.3) is 0 Å². The number of benzene rings is 1. The summed E-state index contributed by atoms with van der Waals surface area (Å²) in [6.45, 7) is 7.11. The summed E-state index contributed by atoms with van der Waals surface area (Å²) < 4.78 is 0. The highest BCUT2D eigenvalue weighted by atomic mass is 35.5.